The largest absolute Gasteiger partial charge is 0.476 e. The molecule has 1 aromatic rings. The van der Waals surface area contributed by atoms with Crippen molar-refractivity contribution in [3.8, 4) is 0 Å². The molecule has 0 radical (unpaired) electrons. The number of amides is 1. The van der Waals surface area contributed by atoms with Gasteiger partial charge in [-0.05, 0) is 0 Å². The van der Waals surface area contributed by atoms with Crippen molar-refractivity contribution < 1.29 is 19.4 Å². The second kappa shape index (κ2) is 4.52. The molecule has 0 atom stereocenters. The molecule has 0 fully saturated rings. The van der Waals surface area contributed by atoms with Crippen LogP contribution in [0.5, 0.6) is 0 Å². The molecule has 0 saturated heterocycles. The Morgan fingerprint density at radius 1 is 1.56 bits per heavy atom. The summed E-state index contributed by atoms with van der Waals surface area (Å²) in [5.41, 5.74) is 1.29. The van der Waals surface area contributed by atoms with Crippen molar-refractivity contribution in [2.75, 3.05) is 6.61 Å². The summed E-state index contributed by atoms with van der Waals surface area (Å²) in [7, 11) is 1.66. The maximum absolute atomic E-state index is 11.6. The van der Waals surface area contributed by atoms with Crippen LogP contribution in [-0.4, -0.2) is 38.5 Å². The van der Waals surface area contributed by atoms with Crippen LogP contribution < -0.4 is 0 Å². The minimum Gasteiger partial charge on any atom is -0.476 e. The molecule has 2 rings (SSSR count). The molecular weight excluding hydrogens is 238 g/mol. The van der Waals surface area contributed by atoms with Gasteiger partial charge in [0, 0.05) is 12.6 Å². The lowest BCUT2D eigenvalue weighted by Gasteiger charge is -2.15. The zero-order valence-electron chi connectivity index (χ0n) is 9.92. The van der Waals surface area contributed by atoms with Gasteiger partial charge in [0.2, 0.25) is 0 Å². The standard InChI is InChI=1S/C11H13N3O4/c1-3-4-18-11(17)14-5-7-8(6-14)13(2)12-9(7)10(15)16/h3H,1,4-6H2,2H3,(H,15,16). The van der Waals surface area contributed by atoms with E-state index >= 15 is 0 Å². The molecule has 2 heterocycles. The first kappa shape index (κ1) is 12.2. The number of fused-ring (bicyclic) bond motifs is 1. The Kier molecular flexibility index (Phi) is 3.05. The van der Waals surface area contributed by atoms with Crippen LogP contribution in [0.4, 0.5) is 4.79 Å². The van der Waals surface area contributed by atoms with Crippen LogP contribution in [0.25, 0.3) is 0 Å². The fourth-order valence-corrected chi connectivity index (χ4v) is 1.92. The van der Waals surface area contributed by atoms with Crippen molar-refractivity contribution in [2.24, 2.45) is 7.05 Å². The van der Waals surface area contributed by atoms with Crippen molar-refractivity contribution >= 4 is 12.1 Å². The average Bonchev–Trinajstić information content (AvgIpc) is 2.87. The Hall–Kier alpha value is -2.31. The number of aryl methyl sites for hydroxylation is 1. The normalized spacial score (nSPS) is 13.3. The fraction of sp³-hybridized carbons (Fsp3) is 0.364. The van der Waals surface area contributed by atoms with E-state index in [0.717, 1.165) is 5.69 Å². The van der Waals surface area contributed by atoms with Gasteiger partial charge in [0.05, 0.1) is 18.8 Å². The number of hydrogen-bond donors (Lipinski definition) is 1. The number of carboxylic acids is 1. The van der Waals surface area contributed by atoms with E-state index in [1.807, 2.05) is 0 Å². The highest BCUT2D eigenvalue weighted by atomic mass is 16.6. The lowest BCUT2D eigenvalue weighted by Crippen LogP contribution is -2.27. The van der Waals surface area contributed by atoms with Crippen molar-refractivity contribution in [1.29, 1.82) is 0 Å². The van der Waals surface area contributed by atoms with Crippen LogP contribution in [0.1, 0.15) is 21.7 Å². The molecule has 96 valence electrons. The van der Waals surface area contributed by atoms with E-state index in [9.17, 15) is 9.59 Å². The highest BCUT2D eigenvalue weighted by Crippen LogP contribution is 2.25. The third-order valence-corrected chi connectivity index (χ3v) is 2.75. The molecule has 0 aliphatic carbocycles. The Labute approximate surface area is 103 Å². The maximum Gasteiger partial charge on any atom is 0.410 e. The number of nitrogens with zero attached hydrogens (tertiary/aromatic N) is 3. The van der Waals surface area contributed by atoms with Crippen molar-refractivity contribution in [3.63, 3.8) is 0 Å². The molecule has 0 bridgehead atoms. The van der Waals surface area contributed by atoms with Gasteiger partial charge in [0.15, 0.2) is 5.69 Å². The summed E-state index contributed by atoms with van der Waals surface area (Å²) in [5.74, 6) is -1.09. The topological polar surface area (TPSA) is 84.7 Å². The molecular formula is C11H13N3O4. The van der Waals surface area contributed by atoms with E-state index in [1.54, 1.807) is 7.05 Å². The summed E-state index contributed by atoms with van der Waals surface area (Å²) in [6.45, 7) is 4.10. The number of aromatic carboxylic acids is 1. The molecule has 1 N–H and O–H groups in total. The second-order valence-electron chi connectivity index (χ2n) is 3.92. The number of carbonyl (C=O) groups is 2. The molecule has 1 aromatic heterocycles. The van der Waals surface area contributed by atoms with E-state index in [1.165, 1.54) is 15.7 Å². The molecule has 0 spiro atoms. The summed E-state index contributed by atoms with van der Waals surface area (Å²) >= 11 is 0. The van der Waals surface area contributed by atoms with Crippen LogP contribution in [0.15, 0.2) is 12.7 Å². The fourth-order valence-electron chi connectivity index (χ4n) is 1.92. The van der Waals surface area contributed by atoms with Gasteiger partial charge in [-0.3, -0.25) is 9.58 Å². The molecule has 7 heteroatoms. The van der Waals surface area contributed by atoms with Gasteiger partial charge in [-0.15, -0.1) is 0 Å². The first-order valence-corrected chi connectivity index (χ1v) is 5.35. The predicted molar refractivity (Wildman–Crippen MR) is 61.0 cm³/mol. The third kappa shape index (κ3) is 1.94. The third-order valence-electron chi connectivity index (χ3n) is 2.75. The summed E-state index contributed by atoms with van der Waals surface area (Å²) in [6, 6.07) is 0. The molecule has 18 heavy (non-hydrogen) atoms. The summed E-state index contributed by atoms with van der Waals surface area (Å²) in [4.78, 5) is 24.1. The highest BCUT2D eigenvalue weighted by Gasteiger charge is 2.32. The van der Waals surface area contributed by atoms with Crippen molar-refractivity contribution in [1.82, 2.24) is 14.7 Å². The zero-order chi connectivity index (χ0) is 13.3. The molecule has 1 aliphatic rings. The quantitative estimate of drug-likeness (QED) is 0.801. The van der Waals surface area contributed by atoms with Gasteiger partial charge in [-0.2, -0.15) is 5.10 Å². The number of carboxylic acid groups (broad SMARTS) is 1. The van der Waals surface area contributed by atoms with Gasteiger partial charge < -0.3 is 9.84 Å². The van der Waals surface area contributed by atoms with Crippen LogP contribution >= 0.6 is 0 Å². The smallest absolute Gasteiger partial charge is 0.410 e. The number of rotatable bonds is 3. The lowest BCUT2D eigenvalue weighted by molar-refractivity contribution is 0.0685. The van der Waals surface area contributed by atoms with E-state index in [-0.39, 0.29) is 18.8 Å². The van der Waals surface area contributed by atoms with Crippen LogP contribution in [0.2, 0.25) is 0 Å². The molecule has 7 nitrogen and oxygen atoms in total. The van der Waals surface area contributed by atoms with Crippen molar-refractivity contribution in [2.45, 2.75) is 13.1 Å². The summed E-state index contributed by atoms with van der Waals surface area (Å²) < 4.78 is 6.39. The Bertz CT molecular complexity index is 521. The average molecular weight is 251 g/mol. The monoisotopic (exact) mass is 251 g/mol. The van der Waals surface area contributed by atoms with Crippen LogP contribution in [0.3, 0.4) is 0 Å². The van der Waals surface area contributed by atoms with Gasteiger partial charge >= 0.3 is 12.1 Å². The Balaban J connectivity index is 2.17. The SMILES string of the molecule is C=CCOC(=O)N1Cc2c(C(=O)O)nn(C)c2C1. The van der Waals surface area contributed by atoms with Crippen LogP contribution in [0, 0.1) is 0 Å². The highest BCUT2D eigenvalue weighted by molar-refractivity contribution is 5.88. The number of ether oxygens (including phenoxy) is 1. The number of hydrogen-bond acceptors (Lipinski definition) is 4. The zero-order valence-corrected chi connectivity index (χ0v) is 9.92. The Morgan fingerprint density at radius 3 is 2.89 bits per heavy atom. The van der Waals surface area contributed by atoms with Gasteiger partial charge in [0.1, 0.15) is 6.61 Å². The first-order valence-electron chi connectivity index (χ1n) is 5.35. The van der Waals surface area contributed by atoms with Crippen molar-refractivity contribution in [3.05, 3.63) is 29.6 Å². The second-order valence-corrected chi connectivity index (χ2v) is 3.92. The predicted octanol–water partition coefficient (Wildman–Crippen LogP) is 0.756. The van der Waals surface area contributed by atoms with E-state index < -0.39 is 12.1 Å². The van der Waals surface area contributed by atoms with Gasteiger partial charge in [-0.25, -0.2) is 9.59 Å². The molecule has 1 amide bonds. The molecule has 0 aromatic carbocycles. The molecule has 0 unspecified atom stereocenters. The molecule has 1 aliphatic heterocycles. The van der Waals surface area contributed by atoms with Gasteiger partial charge in [-0.1, -0.05) is 12.7 Å². The Morgan fingerprint density at radius 2 is 2.28 bits per heavy atom. The molecule has 0 saturated carbocycles. The minimum atomic E-state index is -1.09. The van der Waals surface area contributed by atoms with Crippen LogP contribution in [-0.2, 0) is 24.9 Å². The first-order chi connectivity index (χ1) is 8.54. The summed E-state index contributed by atoms with van der Waals surface area (Å²) in [6.07, 6.45) is 0.994. The lowest BCUT2D eigenvalue weighted by atomic mass is 10.2. The van der Waals surface area contributed by atoms with Gasteiger partial charge in [0.25, 0.3) is 0 Å². The number of carbonyl (C=O) groups excluding carboxylic acids is 1. The van der Waals surface area contributed by atoms with E-state index in [2.05, 4.69) is 11.7 Å². The summed E-state index contributed by atoms with van der Waals surface area (Å²) in [5, 5.41) is 12.9. The van der Waals surface area contributed by atoms with E-state index in [0.29, 0.717) is 12.1 Å². The number of aromatic nitrogens is 2. The van der Waals surface area contributed by atoms with E-state index in [4.69, 9.17) is 9.84 Å². The minimum absolute atomic E-state index is 0.00785. The maximum atomic E-state index is 11.6.